The van der Waals surface area contributed by atoms with E-state index in [4.69, 9.17) is 25.8 Å². The summed E-state index contributed by atoms with van der Waals surface area (Å²) in [5.41, 5.74) is 0.246. The molecule has 31 heavy (non-hydrogen) atoms. The maximum Gasteiger partial charge on any atom is 0.262 e. The second-order valence-electron chi connectivity index (χ2n) is 7.11. The number of nitrogens with one attached hydrogen (secondary N) is 1. The van der Waals surface area contributed by atoms with E-state index in [1.54, 1.807) is 24.3 Å². The topological polar surface area (TPSA) is 94.2 Å². The quantitative estimate of drug-likeness (QED) is 0.639. The number of hydrogen-bond donors (Lipinski definition) is 1. The molecule has 8 nitrogen and oxygen atoms in total. The lowest BCUT2D eigenvalue weighted by molar-refractivity contribution is -0.118. The largest absolute Gasteiger partial charge is 0.489 e. The van der Waals surface area contributed by atoms with E-state index in [1.165, 1.54) is 22.5 Å². The summed E-state index contributed by atoms with van der Waals surface area (Å²) in [4.78, 5) is 12.5. The molecule has 168 valence electrons. The Hall–Kier alpha value is -2.33. The highest BCUT2D eigenvalue weighted by molar-refractivity contribution is 7.89. The van der Waals surface area contributed by atoms with E-state index in [0.29, 0.717) is 29.7 Å². The average Bonchev–Trinajstić information content (AvgIpc) is 2.74. The van der Waals surface area contributed by atoms with Gasteiger partial charge in [-0.25, -0.2) is 8.42 Å². The van der Waals surface area contributed by atoms with Crippen LogP contribution in [-0.2, 0) is 19.6 Å². The van der Waals surface area contributed by atoms with Gasteiger partial charge in [0, 0.05) is 13.1 Å². The normalized spacial score (nSPS) is 15.0. The molecular formula is C21H25ClN2O6S. The fourth-order valence-electron chi connectivity index (χ4n) is 2.95. The van der Waals surface area contributed by atoms with Gasteiger partial charge in [-0.3, -0.25) is 4.79 Å². The summed E-state index contributed by atoms with van der Waals surface area (Å²) < 4.78 is 43.8. The van der Waals surface area contributed by atoms with Crippen molar-refractivity contribution in [2.45, 2.75) is 24.8 Å². The Labute approximate surface area is 187 Å². The summed E-state index contributed by atoms with van der Waals surface area (Å²) >= 11 is 6.04. The van der Waals surface area contributed by atoms with Crippen molar-refractivity contribution in [2.75, 3.05) is 38.2 Å². The Morgan fingerprint density at radius 2 is 1.87 bits per heavy atom. The van der Waals surface area contributed by atoms with Crippen LogP contribution in [0.1, 0.15) is 13.8 Å². The van der Waals surface area contributed by atoms with Gasteiger partial charge in [0.15, 0.2) is 6.61 Å². The molecule has 1 heterocycles. The third-order valence-electron chi connectivity index (χ3n) is 4.39. The van der Waals surface area contributed by atoms with E-state index in [1.807, 2.05) is 13.8 Å². The average molecular weight is 469 g/mol. The number of halogens is 1. The van der Waals surface area contributed by atoms with Gasteiger partial charge in [0.25, 0.3) is 5.91 Å². The van der Waals surface area contributed by atoms with Gasteiger partial charge < -0.3 is 19.5 Å². The fourth-order valence-corrected chi connectivity index (χ4v) is 4.58. The minimum absolute atomic E-state index is 0.0628. The Morgan fingerprint density at radius 3 is 2.55 bits per heavy atom. The van der Waals surface area contributed by atoms with E-state index in [-0.39, 0.29) is 36.4 Å². The van der Waals surface area contributed by atoms with Crippen LogP contribution in [0.4, 0.5) is 5.69 Å². The van der Waals surface area contributed by atoms with Crippen molar-refractivity contribution in [1.29, 1.82) is 0 Å². The van der Waals surface area contributed by atoms with Gasteiger partial charge in [-0.15, -0.1) is 0 Å². The first-order valence-corrected chi connectivity index (χ1v) is 11.6. The molecule has 0 spiro atoms. The number of ether oxygens (including phenoxy) is 3. The molecule has 0 unspecified atom stereocenters. The molecule has 10 heteroatoms. The number of hydrogen-bond acceptors (Lipinski definition) is 6. The van der Waals surface area contributed by atoms with Crippen molar-refractivity contribution >= 4 is 33.2 Å². The second-order valence-corrected chi connectivity index (χ2v) is 9.45. The second kappa shape index (κ2) is 10.3. The van der Waals surface area contributed by atoms with Crippen LogP contribution in [0.5, 0.6) is 11.5 Å². The van der Waals surface area contributed by atoms with Crippen LogP contribution in [0.2, 0.25) is 5.02 Å². The molecule has 0 atom stereocenters. The van der Waals surface area contributed by atoms with Gasteiger partial charge in [0.05, 0.1) is 34.9 Å². The predicted molar refractivity (Wildman–Crippen MR) is 117 cm³/mol. The molecule has 1 amide bonds. The molecule has 0 radical (unpaired) electrons. The van der Waals surface area contributed by atoms with Gasteiger partial charge >= 0.3 is 0 Å². The van der Waals surface area contributed by atoms with Gasteiger partial charge in [0.1, 0.15) is 11.5 Å². The molecule has 2 aromatic carbocycles. The van der Waals surface area contributed by atoms with Crippen LogP contribution in [0, 0.1) is 0 Å². The van der Waals surface area contributed by atoms with Crippen molar-refractivity contribution in [2.24, 2.45) is 0 Å². The number of rotatable bonds is 8. The summed E-state index contributed by atoms with van der Waals surface area (Å²) in [6.45, 7) is 4.62. The van der Waals surface area contributed by atoms with E-state index >= 15 is 0 Å². The Kier molecular flexibility index (Phi) is 7.77. The molecule has 3 rings (SSSR count). The van der Waals surface area contributed by atoms with E-state index in [0.717, 1.165) is 0 Å². The highest BCUT2D eigenvalue weighted by Crippen LogP contribution is 2.30. The molecule has 0 saturated carbocycles. The number of anilines is 1. The molecule has 2 aromatic rings. The highest BCUT2D eigenvalue weighted by atomic mass is 35.5. The van der Waals surface area contributed by atoms with Gasteiger partial charge in [-0.1, -0.05) is 23.7 Å². The number of sulfonamides is 1. The zero-order valence-electron chi connectivity index (χ0n) is 17.3. The van der Waals surface area contributed by atoms with Crippen LogP contribution in [0.25, 0.3) is 0 Å². The predicted octanol–water partition coefficient (Wildman–Crippen LogP) is 3.17. The lowest BCUT2D eigenvalue weighted by Crippen LogP contribution is -2.40. The van der Waals surface area contributed by atoms with Gasteiger partial charge in [0.2, 0.25) is 10.0 Å². The molecule has 0 bridgehead atoms. The number of nitrogens with zero attached hydrogens (tertiary/aromatic N) is 1. The molecule has 0 aliphatic carbocycles. The molecule has 0 aromatic heterocycles. The summed E-state index contributed by atoms with van der Waals surface area (Å²) in [6, 6.07) is 11.2. The number of amides is 1. The number of carbonyl (C=O) groups excluding carboxylic acids is 1. The van der Waals surface area contributed by atoms with E-state index in [9.17, 15) is 13.2 Å². The Balaban J connectivity index is 1.80. The maximum absolute atomic E-state index is 13.0. The van der Waals surface area contributed by atoms with Crippen molar-refractivity contribution in [3.05, 3.63) is 47.5 Å². The summed E-state index contributed by atoms with van der Waals surface area (Å²) in [6.07, 6.45) is -0.170. The van der Waals surface area contributed by atoms with Crippen LogP contribution in [0.3, 0.4) is 0 Å². The standard InChI is InChI=1S/C21H25ClN2O6S/c1-15(2)30-20-8-7-16(31(26,27)24-9-11-28-12-10-24)13-18(20)23-21(25)14-29-19-6-4-3-5-17(19)22/h3-8,13,15H,9-12,14H2,1-2H3,(H,23,25). The molecule has 1 aliphatic heterocycles. The van der Waals surface area contributed by atoms with Crippen molar-refractivity contribution in [3.8, 4) is 11.5 Å². The third kappa shape index (κ3) is 6.10. The van der Waals surface area contributed by atoms with E-state index in [2.05, 4.69) is 5.32 Å². The third-order valence-corrected chi connectivity index (χ3v) is 6.60. The van der Waals surface area contributed by atoms with Crippen LogP contribution < -0.4 is 14.8 Å². The first kappa shape index (κ1) is 23.3. The molecule has 1 fully saturated rings. The van der Waals surface area contributed by atoms with Crippen LogP contribution >= 0.6 is 11.6 Å². The minimum Gasteiger partial charge on any atom is -0.489 e. The number of morpholine rings is 1. The number of benzene rings is 2. The Bertz CT molecular complexity index is 1020. The monoisotopic (exact) mass is 468 g/mol. The molecule has 1 saturated heterocycles. The summed E-state index contributed by atoms with van der Waals surface area (Å²) in [7, 11) is -3.73. The van der Waals surface area contributed by atoms with Crippen molar-refractivity contribution in [3.63, 3.8) is 0 Å². The molecule has 1 aliphatic rings. The lowest BCUT2D eigenvalue weighted by atomic mass is 10.3. The van der Waals surface area contributed by atoms with Gasteiger partial charge in [-0.05, 0) is 44.2 Å². The zero-order valence-corrected chi connectivity index (χ0v) is 18.9. The minimum atomic E-state index is -3.73. The maximum atomic E-state index is 13.0. The fraction of sp³-hybridized carbons (Fsp3) is 0.381. The SMILES string of the molecule is CC(C)Oc1ccc(S(=O)(=O)N2CCOCC2)cc1NC(=O)COc1ccccc1Cl. The summed E-state index contributed by atoms with van der Waals surface area (Å²) in [5, 5.41) is 3.07. The summed E-state index contributed by atoms with van der Waals surface area (Å²) in [5.74, 6) is 0.262. The van der Waals surface area contributed by atoms with Crippen LogP contribution in [0.15, 0.2) is 47.4 Å². The number of para-hydroxylation sites is 1. The lowest BCUT2D eigenvalue weighted by Gasteiger charge is -2.26. The molecular weight excluding hydrogens is 444 g/mol. The number of carbonyl (C=O) groups is 1. The molecule has 1 N–H and O–H groups in total. The van der Waals surface area contributed by atoms with Crippen molar-refractivity contribution in [1.82, 2.24) is 4.31 Å². The van der Waals surface area contributed by atoms with Crippen LogP contribution in [-0.4, -0.2) is 57.6 Å². The Morgan fingerprint density at radius 1 is 1.16 bits per heavy atom. The van der Waals surface area contributed by atoms with Crippen molar-refractivity contribution < 1.29 is 27.4 Å². The van der Waals surface area contributed by atoms with Gasteiger partial charge in [-0.2, -0.15) is 4.31 Å². The zero-order chi connectivity index (χ0) is 22.4. The van der Waals surface area contributed by atoms with E-state index < -0.39 is 15.9 Å². The smallest absolute Gasteiger partial charge is 0.262 e. The first-order valence-electron chi connectivity index (χ1n) is 9.83. The highest BCUT2D eigenvalue weighted by Gasteiger charge is 2.27. The first-order chi connectivity index (χ1) is 14.8.